The molecule has 0 saturated carbocycles. The zero-order valence-corrected chi connectivity index (χ0v) is 7.28. The quantitative estimate of drug-likeness (QED) is 0.738. The minimum absolute atomic E-state index is 0.377. The normalized spacial score (nSPS) is 9.92. The summed E-state index contributed by atoms with van der Waals surface area (Å²) in [6.45, 7) is 0. The summed E-state index contributed by atoms with van der Waals surface area (Å²) in [5, 5.41) is 0.666. The number of benzene rings is 1. The fraction of sp³-hybridized carbons (Fsp3) is 0. The molecule has 0 fully saturated rings. The lowest BCUT2D eigenvalue weighted by molar-refractivity contribution is 0.457. The first-order chi connectivity index (χ1) is 6.34. The highest BCUT2D eigenvalue weighted by atomic mass is 35.5. The van der Waals surface area contributed by atoms with Crippen LogP contribution >= 0.6 is 11.6 Å². The summed E-state index contributed by atoms with van der Waals surface area (Å²) in [7, 11) is 0. The molecule has 0 aliphatic carbocycles. The average molecular weight is 195 g/mol. The molecule has 65 valence electrons. The number of oxazole rings is 1. The number of hydrogen-bond acceptors (Lipinski definition) is 3. The van der Waals surface area contributed by atoms with Crippen molar-refractivity contribution in [1.82, 2.24) is 4.98 Å². The van der Waals surface area contributed by atoms with E-state index in [1.54, 1.807) is 24.3 Å². The van der Waals surface area contributed by atoms with Crippen LogP contribution in [0.15, 0.2) is 34.9 Å². The van der Waals surface area contributed by atoms with E-state index in [-0.39, 0.29) is 0 Å². The molecule has 1 heterocycles. The van der Waals surface area contributed by atoms with Crippen LogP contribution in [0.5, 0.6) is 11.6 Å². The Labute approximate surface area is 79.9 Å². The molecule has 0 aliphatic heterocycles. The van der Waals surface area contributed by atoms with Gasteiger partial charge in [0.1, 0.15) is 5.75 Å². The zero-order valence-electron chi connectivity index (χ0n) is 6.53. The van der Waals surface area contributed by atoms with Gasteiger partial charge in [0.25, 0.3) is 12.3 Å². The molecule has 2 aromatic rings. The van der Waals surface area contributed by atoms with Gasteiger partial charge in [-0.2, -0.15) is 4.98 Å². The summed E-state index contributed by atoms with van der Waals surface area (Å²) in [5.41, 5.74) is 0. The van der Waals surface area contributed by atoms with Crippen molar-refractivity contribution in [3.63, 3.8) is 0 Å². The second kappa shape index (κ2) is 3.49. The van der Waals surface area contributed by atoms with Crippen molar-refractivity contribution in [2.45, 2.75) is 0 Å². The minimum atomic E-state index is 0.377. The molecule has 2 rings (SSSR count). The molecule has 1 aromatic heterocycles. The predicted octanol–water partition coefficient (Wildman–Crippen LogP) is 2.92. The van der Waals surface area contributed by atoms with E-state index in [0.717, 1.165) is 0 Å². The monoisotopic (exact) mass is 194 g/mol. The maximum absolute atomic E-state index is 5.70. The van der Waals surface area contributed by atoms with Crippen LogP contribution < -0.4 is 4.74 Å². The molecular weight excluding hydrogens is 190 g/mol. The van der Waals surface area contributed by atoms with Crippen molar-refractivity contribution >= 4 is 11.6 Å². The van der Waals surface area contributed by atoms with E-state index < -0.39 is 0 Å². The van der Waals surface area contributed by atoms with E-state index >= 15 is 0 Å². The summed E-state index contributed by atoms with van der Waals surface area (Å²) in [6.07, 6.45) is 3.65. The van der Waals surface area contributed by atoms with Gasteiger partial charge >= 0.3 is 0 Å². The standard InChI is InChI=1S/C9H5ClNO2/c10-7-1-3-8(4-2-7)13-9-5-12-6-11-9/h1-5H. The minimum Gasteiger partial charge on any atom is -0.437 e. The lowest BCUT2D eigenvalue weighted by Crippen LogP contribution is -1.82. The Morgan fingerprint density at radius 3 is 2.69 bits per heavy atom. The van der Waals surface area contributed by atoms with Gasteiger partial charge in [-0.3, -0.25) is 0 Å². The van der Waals surface area contributed by atoms with Crippen LogP contribution in [0.4, 0.5) is 0 Å². The summed E-state index contributed by atoms with van der Waals surface area (Å²) in [5.74, 6) is 1.04. The van der Waals surface area contributed by atoms with Gasteiger partial charge in [0, 0.05) is 5.02 Å². The fourth-order valence-electron chi connectivity index (χ4n) is 0.845. The molecule has 1 radical (unpaired) electrons. The molecule has 1 aromatic carbocycles. The molecule has 13 heavy (non-hydrogen) atoms. The maximum Gasteiger partial charge on any atom is 0.287 e. The first kappa shape index (κ1) is 8.13. The second-order valence-electron chi connectivity index (χ2n) is 2.33. The van der Waals surface area contributed by atoms with Gasteiger partial charge in [-0.1, -0.05) is 11.6 Å². The first-order valence-electron chi connectivity index (χ1n) is 3.59. The van der Waals surface area contributed by atoms with E-state index in [1.165, 1.54) is 6.26 Å². The van der Waals surface area contributed by atoms with E-state index in [1.807, 2.05) is 0 Å². The molecule has 0 unspecified atom stereocenters. The Bertz CT molecular complexity index is 369. The van der Waals surface area contributed by atoms with Crippen molar-refractivity contribution in [1.29, 1.82) is 0 Å². The third-order valence-corrected chi connectivity index (χ3v) is 1.66. The Kier molecular flexibility index (Phi) is 2.19. The third-order valence-electron chi connectivity index (χ3n) is 1.40. The van der Waals surface area contributed by atoms with Crippen LogP contribution in [0.2, 0.25) is 5.02 Å². The average Bonchev–Trinajstić information content (AvgIpc) is 2.62. The van der Waals surface area contributed by atoms with Gasteiger partial charge in [-0.25, -0.2) is 0 Å². The third kappa shape index (κ3) is 2.00. The smallest absolute Gasteiger partial charge is 0.287 e. The van der Waals surface area contributed by atoms with Gasteiger partial charge in [-0.15, -0.1) is 0 Å². The Balaban J connectivity index is 2.15. The Morgan fingerprint density at radius 1 is 1.31 bits per heavy atom. The van der Waals surface area contributed by atoms with Crippen LogP contribution in [0.25, 0.3) is 0 Å². The molecule has 0 aliphatic rings. The zero-order chi connectivity index (χ0) is 9.10. The summed E-state index contributed by atoms with van der Waals surface area (Å²) >= 11 is 5.70. The van der Waals surface area contributed by atoms with Crippen molar-refractivity contribution in [3.8, 4) is 11.6 Å². The number of hydrogen-bond donors (Lipinski definition) is 0. The van der Waals surface area contributed by atoms with Crippen molar-refractivity contribution < 1.29 is 9.15 Å². The lowest BCUT2D eigenvalue weighted by Gasteiger charge is -1.99. The number of rotatable bonds is 2. The summed E-state index contributed by atoms with van der Waals surface area (Å²) in [4.78, 5) is 3.69. The lowest BCUT2D eigenvalue weighted by atomic mass is 10.3. The van der Waals surface area contributed by atoms with E-state index in [0.29, 0.717) is 16.7 Å². The fourth-order valence-corrected chi connectivity index (χ4v) is 0.971. The highest BCUT2D eigenvalue weighted by Crippen LogP contribution is 2.20. The second-order valence-corrected chi connectivity index (χ2v) is 2.77. The van der Waals surface area contributed by atoms with Crippen LogP contribution in [-0.2, 0) is 0 Å². The van der Waals surface area contributed by atoms with Gasteiger partial charge in [0.05, 0.1) is 0 Å². The highest BCUT2D eigenvalue weighted by molar-refractivity contribution is 6.30. The van der Waals surface area contributed by atoms with Crippen molar-refractivity contribution in [3.05, 3.63) is 41.9 Å². The summed E-state index contributed by atoms with van der Waals surface area (Å²) in [6, 6.07) is 6.97. The Morgan fingerprint density at radius 2 is 2.08 bits per heavy atom. The number of aromatic nitrogens is 1. The Hall–Kier alpha value is -1.48. The van der Waals surface area contributed by atoms with Gasteiger partial charge in [-0.05, 0) is 24.3 Å². The van der Waals surface area contributed by atoms with E-state index in [4.69, 9.17) is 16.3 Å². The van der Waals surface area contributed by atoms with Crippen LogP contribution in [0.1, 0.15) is 0 Å². The number of nitrogens with zero attached hydrogens (tertiary/aromatic N) is 1. The molecular formula is C9H5ClNO2. The van der Waals surface area contributed by atoms with Crippen molar-refractivity contribution in [2.75, 3.05) is 0 Å². The topological polar surface area (TPSA) is 35.3 Å². The van der Waals surface area contributed by atoms with Crippen molar-refractivity contribution in [2.24, 2.45) is 0 Å². The van der Waals surface area contributed by atoms with Crippen LogP contribution in [0.3, 0.4) is 0 Å². The molecule has 3 nitrogen and oxygen atoms in total. The number of ether oxygens (including phenoxy) is 1. The highest BCUT2D eigenvalue weighted by Gasteiger charge is 1.98. The number of halogens is 1. The summed E-state index contributed by atoms with van der Waals surface area (Å²) < 4.78 is 9.90. The molecule has 0 N–H and O–H groups in total. The molecule has 0 spiro atoms. The van der Waals surface area contributed by atoms with E-state index in [2.05, 4.69) is 15.8 Å². The largest absolute Gasteiger partial charge is 0.437 e. The molecule has 0 bridgehead atoms. The predicted molar refractivity (Wildman–Crippen MR) is 46.9 cm³/mol. The van der Waals surface area contributed by atoms with E-state index in [9.17, 15) is 0 Å². The first-order valence-corrected chi connectivity index (χ1v) is 3.97. The molecule has 4 heteroatoms. The van der Waals surface area contributed by atoms with Gasteiger partial charge < -0.3 is 9.15 Å². The molecule has 0 saturated heterocycles. The molecule has 0 amide bonds. The van der Waals surface area contributed by atoms with Crippen LogP contribution in [-0.4, -0.2) is 4.98 Å². The SMILES string of the molecule is Clc1ccc(Oc2co[c]n2)cc1. The van der Waals surface area contributed by atoms with Gasteiger partial charge in [0.15, 0.2) is 6.26 Å². The van der Waals surface area contributed by atoms with Gasteiger partial charge in [0.2, 0.25) is 0 Å². The van der Waals surface area contributed by atoms with Crippen LogP contribution in [0, 0.1) is 6.39 Å². The molecule has 0 atom stereocenters. The maximum atomic E-state index is 5.70.